The van der Waals surface area contributed by atoms with Gasteiger partial charge in [0, 0.05) is 36.9 Å². The predicted octanol–water partition coefficient (Wildman–Crippen LogP) is 3.95. The summed E-state index contributed by atoms with van der Waals surface area (Å²) in [6, 6.07) is 10.5. The number of benzene rings is 2. The molecule has 0 radical (unpaired) electrons. The molecule has 0 spiro atoms. The van der Waals surface area contributed by atoms with Crippen LogP contribution in [0.25, 0.3) is 10.9 Å². The van der Waals surface area contributed by atoms with Crippen molar-refractivity contribution in [3.05, 3.63) is 77.9 Å². The number of anilines is 1. The Bertz CT molecular complexity index is 1440. The number of nitrogens with one attached hydrogen (secondary N) is 1. The third kappa shape index (κ3) is 4.87. The highest BCUT2D eigenvalue weighted by Crippen LogP contribution is 2.33. The number of carbonyl (C=O) groups is 1. The minimum atomic E-state index is -4.51. The molecule has 186 valence electrons. The Kier molecular flexibility index (Phi) is 6.08. The molecule has 2 aromatic carbocycles. The van der Waals surface area contributed by atoms with Crippen molar-refractivity contribution in [2.24, 2.45) is 0 Å². The molecule has 36 heavy (non-hydrogen) atoms. The minimum absolute atomic E-state index is 0.0250. The second-order valence-electron chi connectivity index (χ2n) is 8.27. The molecular weight excluding hydrogens is 479 g/mol. The molecule has 0 bridgehead atoms. The first-order chi connectivity index (χ1) is 17.2. The number of aliphatic hydroxyl groups excluding tert-OH is 1. The molecule has 2 aromatic heterocycles. The molecule has 12 heteroatoms. The number of aromatic nitrogens is 3. The van der Waals surface area contributed by atoms with E-state index in [-0.39, 0.29) is 12.2 Å². The lowest BCUT2D eigenvalue weighted by Gasteiger charge is -2.15. The van der Waals surface area contributed by atoms with Gasteiger partial charge in [0.05, 0.1) is 22.3 Å². The molecule has 0 aliphatic carbocycles. The molecule has 0 atom stereocenters. The SMILES string of the molecule is O=C(Nc1cccc(C(F)(F)F)c1)n1ccc2cc(Oc3ncnc4c3CN(CC(O)O)C4)ccc21. The molecule has 3 heterocycles. The van der Waals surface area contributed by atoms with Crippen LogP contribution in [-0.2, 0) is 19.3 Å². The fourth-order valence-electron chi connectivity index (χ4n) is 4.09. The highest BCUT2D eigenvalue weighted by Gasteiger charge is 2.30. The monoisotopic (exact) mass is 499 g/mol. The molecule has 4 aromatic rings. The Labute approximate surface area is 202 Å². The van der Waals surface area contributed by atoms with Gasteiger partial charge in [0.1, 0.15) is 12.1 Å². The average Bonchev–Trinajstić information content (AvgIpc) is 3.42. The maximum atomic E-state index is 13.0. The summed E-state index contributed by atoms with van der Waals surface area (Å²) in [6.45, 7) is 0.907. The smallest absolute Gasteiger partial charge is 0.416 e. The summed E-state index contributed by atoms with van der Waals surface area (Å²) in [5.74, 6) is 0.802. The number of ether oxygens (including phenoxy) is 1. The van der Waals surface area contributed by atoms with Crippen LogP contribution < -0.4 is 10.1 Å². The number of β-amino-alcohol motifs (C(OH)–C–C–N with tert-alkyl or cyclic N) is 2. The molecule has 0 fully saturated rings. The third-order valence-electron chi connectivity index (χ3n) is 5.71. The van der Waals surface area contributed by atoms with Crippen LogP contribution in [0.5, 0.6) is 11.6 Å². The van der Waals surface area contributed by atoms with Gasteiger partial charge in [0.25, 0.3) is 0 Å². The van der Waals surface area contributed by atoms with Crippen molar-refractivity contribution in [2.45, 2.75) is 25.6 Å². The van der Waals surface area contributed by atoms with E-state index >= 15 is 0 Å². The van der Waals surface area contributed by atoms with E-state index in [1.807, 2.05) is 4.90 Å². The number of aliphatic hydroxyl groups is 2. The van der Waals surface area contributed by atoms with Crippen LogP contribution in [0, 0.1) is 0 Å². The van der Waals surface area contributed by atoms with Crippen molar-refractivity contribution in [1.82, 2.24) is 19.4 Å². The van der Waals surface area contributed by atoms with E-state index in [0.29, 0.717) is 35.6 Å². The normalized spacial score (nSPS) is 13.8. The van der Waals surface area contributed by atoms with Crippen molar-refractivity contribution < 1.29 is 32.9 Å². The van der Waals surface area contributed by atoms with Crippen LogP contribution in [0.1, 0.15) is 16.8 Å². The summed E-state index contributed by atoms with van der Waals surface area (Å²) in [4.78, 5) is 23.0. The summed E-state index contributed by atoms with van der Waals surface area (Å²) in [7, 11) is 0. The zero-order chi connectivity index (χ0) is 25.4. The summed E-state index contributed by atoms with van der Waals surface area (Å²) in [6.07, 6.45) is -3.09. The van der Waals surface area contributed by atoms with Gasteiger partial charge >= 0.3 is 12.2 Å². The van der Waals surface area contributed by atoms with Crippen LogP contribution in [-0.4, -0.2) is 48.5 Å². The van der Waals surface area contributed by atoms with Crippen molar-refractivity contribution >= 4 is 22.6 Å². The molecule has 0 saturated carbocycles. The van der Waals surface area contributed by atoms with Crippen molar-refractivity contribution in [1.29, 1.82) is 0 Å². The van der Waals surface area contributed by atoms with Gasteiger partial charge in [-0.1, -0.05) is 6.07 Å². The fraction of sp³-hybridized carbons (Fsp3) is 0.208. The minimum Gasteiger partial charge on any atom is -0.439 e. The molecule has 3 N–H and O–H groups in total. The Hall–Kier alpha value is -4.00. The van der Waals surface area contributed by atoms with E-state index in [9.17, 15) is 28.2 Å². The number of hydrogen-bond donors (Lipinski definition) is 3. The summed E-state index contributed by atoms with van der Waals surface area (Å²) in [5.41, 5.74) is 1.18. The number of fused-ring (bicyclic) bond motifs is 2. The van der Waals surface area contributed by atoms with E-state index in [1.54, 1.807) is 24.3 Å². The fourth-order valence-corrected chi connectivity index (χ4v) is 4.09. The predicted molar refractivity (Wildman–Crippen MR) is 122 cm³/mol. The van der Waals surface area contributed by atoms with Gasteiger partial charge in [-0.3, -0.25) is 9.47 Å². The number of nitrogens with zero attached hydrogens (tertiary/aromatic N) is 4. The van der Waals surface area contributed by atoms with Crippen LogP contribution in [0.3, 0.4) is 0 Å². The maximum Gasteiger partial charge on any atom is 0.416 e. The van der Waals surface area contributed by atoms with Gasteiger partial charge in [-0.05, 0) is 42.5 Å². The highest BCUT2D eigenvalue weighted by atomic mass is 19.4. The van der Waals surface area contributed by atoms with Gasteiger partial charge in [-0.25, -0.2) is 14.8 Å². The van der Waals surface area contributed by atoms with E-state index < -0.39 is 24.1 Å². The van der Waals surface area contributed by atoms with Crippen molar-refractivity contribution in [3.63, 3.8) is 0 Å². The summed E-state index contributed by atoms with van der Waals surface area (Å²) < 4.78 is 46.2. The number of rotatable bonds is 5. The number of amides is 1. The summed E-state index contributed by atoms with van der Waals surface area (Å²) >= 11 is 0. The Morgan fingerprint density at radius 1 is 1.11 bits per heavy atom. The molecule has 9 nitrogen and oxygen atoms in total. The third-order valence-corrected chi connectivity index (χ3v) is 5.71. The largest absolute Gasteiger partial charge is 0.439 e. The van der Waals surface area contributed by atoms with E-state index in [2.05, 4.69) is 15.3 Å². The van der Waals surface area contributed by atoms with E-state index in [1.165, 1.54) is 29.2 Å². The van der Waals surface area contributed by atoms with Crippen molar-refractivity contribution in [3.8, 4) is 11.6 Å². The first kappa shape index (κ1) is 23.7. The first-order valence-corrected chi connectivity index (χ1v) is 10.9. The molecule has 1 amide bonds. The van der Waals surface area contributed by atoms with Gasteiger partial charge < -0.3 is 20.3 Å². The lowest BCUT2D eigenvalue weighted by molar-refractivity contribution is -0.137. The molecule has 0 saturated heterocycles. The van der Waals surface area contributed by atoms with Crippen LogP contribution >= 0.6 is 0 Å². The zero-order valence-electron chi connectivity index (χ0n) is 18.6. The second-order valence-corrected chi connectivity index (χ2v) is 8.27. The van der Waals surface area contributed by atoms with Crippen LogP contribution in [0.15, 0.2) is 61.1 Å². The number of carbonyl (C=O) groups excluding carboxylic acids is 1. The quantitative estimate of drug-likeness (QED) is 0.357. The maximum absolute atomic E-state index is 13.0. The molecular formula is C24H20F3N5O4. The van der Waals surface area contributed by atoms with Gasteiger partial charge in [-0.2, -0.15) is 13.2 Å². The number of halogens is 3. The standard InChI is InChI=1S/C24H20F3N5O4/c25-24(26,27)15-2-1-3-16(9-15)30-23(35)32-7-6-14-8-17(4-5-20(14)32)36-22-18-10-31(12-21(33)34)11-19(18)28-13-29-22/h1-9,13,21,33-34H,10-12H2,(H,30,35). The lowest BCUT2D eigenvalue weighted by Crippen LogP contribution is -2.27. The van der Waals surface area contributed by atoms with Gasteiger partial charge in [-0.15, -0.1) is 0 Å². The van der Waals surface area contributed by atoms with Gasteiger partial charge in [0.2, 0.25) is 5.88 Å². The highest BCUT2D eigenvalue weighted by molar-refractivity contribution is 5.98. The molecule has 5 rings (SSSR count). The van der Waals surface area contributed by atoms with Crippen LogP contribution in [0.4, 0.5) is 23.7 Å². The molecule has 0 unspecified atom stereocenters. The van der Waals surface area contributed by atoms with Gasteiger partial charge in [0.15, 0.2) is 6.29 Å². The van der Waals surface area contributed by atoms with Crippen molar-refractivity contribution in [2.75, 3.05) is 11.9 Å². The molecule has 1 aliphatic heterocycles. The summed E-state index contributed by atoms with van der Waals surface area (Å²) in [5, 5.41) is 21.6. The molecule has 1 aliphatic rings. The Morgan fingerprint density at radius 3 is 2.72 bits per heavy atom. The topological polar surface area (TPSA) is 113 Å². The zero-order valence-corrected chi connectivity index (χ0v) is 18.6. The first-order valence-electron chi connectivity index (χ1n) is 10.9. The van der Waals surface area contributed by atoms with E-state index in [0.717, 1.165) is 23.4 Å². The Morgan fingerprint density at radius 2 is 1.94 bits per heavy atom. The number of alkyl halides is 3. The second kappa shape index (κ2) is 9.22. The average molecular weight is 499 g/mol. The van der Waals surface area contributed by atoms with E-state index in [4.69, 9.17) is 4.74 Å². The number of hydrogen-bond acceptors (Lipinski definition) is 7. The van der Waals surface area contributed by atoms with Crippen LogP contribution in [0.2, 0.25) is 0 Å². The lowest BCUT2D eigenvalue weighted by atomic mass is 10.2. The Balaban J connectivity index is 1.34.